The second-order valence-corrected chi connectivity index (χ2v) is 4.11. The van der Waals surface area contributed by atoms with Crippen LogP contribution in [0.15, 0.2) is 24.8 Å². The highest BCUT2D eigenvalue weighted by Gasteiger charge is 2.36. The van der Waals surface area contributed by atoms with Gasteiger partial charge in [0.15, 0.2) is 0 Å². The molecule has 18 heavy (non-hydrogen) atoms. The topological polar surface area (TPSA) is 74.6 Å². The predicted octanol–water partition coefficient (Wildman–Crippen LogP) is 2.47. The Hall–Kier alpha value is -2.02. The SMILES string of the molecule is C#CC1(C(=C)C(=O)O)CCCCC1.C=CC(=O)O. The van der Waals surface area contributed by atoms with E-state index in [2.05, 4.69) is 19.1 Å². The van der Waals surface area contributed by atoms with Crippen LogP contribution in [-0.2, 0) is 9.59 Å². The van der Waals surface area contributed by atoms with Crippen LogP contribution in [0.1, 0.15) is 32.1 Å². The first kappa shape index (κ1) is 16.0. The first-order valence-electron chi connectivity index (χ1n) is 5.65. The van der Waals surface area contributed by atoms with E-state index in [1.165, 1.54) is 0 Å². The van der Waals surface area contributed by atoms with Crippen molar-refractivity contribution in [2.75, 3.05) is 0 Å². The molecule has 1 rings (SSSR count). The molecule has 1 aliphatic rings. The average molecular weight is 250 g/mol. The molecule has 2 N–H and O–H groups in total. The summed E-state index contributed by atoms with van der Waals surface area (Å²) in [6, 6.07) is 0. The van der Waals surface area contributed by atoms with E-state index in [0.717, 1.165) is 38.2 Å². The zero-order valence-electron chi connectivity index (χ0n) is 10.3. The van der Waals surface area contributed by atoms with Gasteiger partial charge in [-0.05, 0) is 12.8 Å². The number of carbonyl (C=O) groups is 2. The number of hydrogen-bond donors (Lipinski definition) is 2. The highest BCUT2D eigenvalue weighted by Crippen LogP contribution is 2.41. The summed E-state index contributed by atoms with van der Waals surface area (Å²) in [4.78, 5) is 20.0. The normalized spacial score (nSPS) is 16.4. The van der Waals surface area contributed by atoms with Gasteiger partial charge in [0, 0.05) is 11.6 Å². The molecule has 0 amide bonds. The van der Waals surface area contributed by atoms with Gasteiger partial charge in [0.1, 0.15) is 0 Å². The van der Waals surface area contributed by atoms with Gasteiger partial charge in [-0.25, -0.2) is 9.59 Å². The molecule has 0 aromatic rings. The lowest BCUT2D eigenvalue weighted by Crippen LogP contribution is -2.28. The Morgan fingerprint density at radius 3 is 1.94 bits per heavy atom. The van der Waals surface area contributed by atoms with E-state index < -0.39 is 17.4 Å². The first-order valence-corrected chi connectivity index (χ1v) is 5.65. The van der Waals surface area contributed by atoms with Crippen LogP contribution < -0.4 is 0 Å². The molecule has 0 unspecified atom stereocenters. The third-order valence-corrected chi connectivity index (χ3v) is 2.99. The molecule has 0 aromatic carbocycles. The number of rotatable bonds is 3. The van der Waals surface area contributed by atoms with Gasteiger partial charge in [0.05, 0.1) is 5.41 Å². The molecule has 4 heteroatoms. The van der Waals surface area contributed by atoms with E-state index in [-0.39, 0.29) is 5.57 Å². The molecule has 0 aromatic heterocycles. The van der Waals surface area contributed by atoms with Crippen LogP contribution >= 0.6 is 0 Å². The summed E-state index contributed by atoms with van der Waals surface area (Å²) >= 11 is 0. The minimum absolute atomic E-state index is 0.190. The van der Waals surface area contributed by atoms with Crippen LogP contribution in [0.4, 0.5) is 0 Å². The maximum Gasteiger partial charge on any atom is 0.332 e. The van der Waals surface area contributed by atoms with Gasteiger partial charge < -0.3 is 10.2 Å². The highest BCUT2D eigenvalue weighted by atomic mass is 16.4. The summed E-state index contributed by atoms with van der Waals surface area (Å²) < 4.78 is 0. The van der Waals surface area contributed by atoms with Crippen molar-refractivity contribution in [3.05, 3.63) is 24.8 Å². The lowest BCUT2D eigenvalue weighted by Gasteiger charge is -2.32. The van der Waals surface area contributed by atoms with Crippen molar-refractivity contribution >= 4 is 11.9 Å². The summed E-state index contributed by atoms with van der Waals surface area (Å²) in [5.74, 6) is 0.678. The van der Waals surface area contributed by atoms with Crippen LogP contribution in [0.2, 0.25) is 0 Å². The van der Waals surface area contributed by atoms with E-state index in [1.807, 2.05) is 0 Å². The second kappa shape index (κ2) is 7.33. The fraction of sp³-hybridized carbons (Fsp3) is 0.429. The van der Waals surface area contributed by atoms with Crippen molar-refractivity contribution in [1.29, 1.82) is 0 Å². The molecular weight excluding hydrogens is 232 g/mol. The van der Waals surface area contributed by atoms with Gasteiger partial charge in [0.2, 0.25) is 0 Å². The van der Waals surface area contributed by atoms with Crippen LogP contribution in [0.25, 0.3) is 0 Å². The molecule has 4 nitrogen and oxygen atoms in total. The van der Waals surface area contributed by atoms with E-state index in [1.54, 1.807) is 0 Å². The van der Waals surface area contributed by atoms with Gasteiger partial charge in [-0.15, -0.1) is 6.42 Å². The Bertz CT molecular complexity index is 381. The fourth-order valence-electron chi connectivity index (χ4n) is 1.89. The van der Waals surface area contributed by atoms with Crippen LogP contribution in [0.3, 0.4) is 0 Å². The fourth-order valence-corrected chi connectivity index (χ4v) is 1.89. The maximum atomic E-state index is 10.8. The number of carboxylic acids is 2. The molecule has 0 atom stereocenters. The summed E-state index contributed by atoms with van der Waals surface area (Å²) in [5.41, 5.74) is -0.376. The molecule has 0 aliphatic heterocycles. The van der Waals surface area contributed by atoms with Gasteiger partial charge in [-0.1, -0.05) is 38.3 Å². The standard InChI is InChI=1S/C11H14O2.C3H4O2/c1-3-11(9(2)10(12)13)7-5-4-6-8-11;1-2-3(4)5/h1H,2,4-8H2,(H,12,13);2H,1H2,(H,4,5). The number of hydrogen-bond acceptors (Lipinski definition) is 2. The Balaban J connectivity index is 0.000000494. The van der Waals surface area contributed by atoms with Gasteiger partial charge in [-0.2, -0.15) is 0 Å². The average Bonchev–Trinajstić information content (AvgIpc) is 2.39. The van der Waals surface area contributed by atoms with Gasteiger partial charge in [0.25, 0.3) is 0 Å². The largest absolute Gasteiger partial charge is 0.478 e. The van der Waals surface area contributed by atoms with Crippen molar-refractivity contribution in [3.63, 3.8) is 0 Å². The van der Waals surface area contributed by atoms with Crippen molar-refractivity contribution in [2.45, 2.75) is 32.1 Å². The quantitative estimate of drug-likeness (QED) is 0.596. The minimum Gasteiger partial charge on any atom is -0.478 e. The first-order chi connectivity index (χ1) is 8.39. The zero-order chi connectivity index (χ0) is 14.2. The van der Waals surface area contributed by atoms with E-state index in [0.29, 0.717) is 0 Å². The number of aliphatic carboxylic acids is 2. The van der Waals surface area contributed by atoms with Crippen molar-refractivity contribution in [1.82, 2.24) is 0 Å². The number of terminal acetylenes is 1. The zero-order valence-corrected chi connectivity index (χ0v) is 10.3. The van der Waals surface area contributed by atoms with Crippen molar-refractivity contribution in [2.24, 2.45) is 5.41 Å². The molecule has 1 fully saturated rings. The summed E-state index contributed by atoms with van der Waals surface area (Å²) in [5, 5.41) is 16.4. The molecule has 1 saturated carbocycles. The summed E-state index contributed by atoms with van der Waals surface area (Å²) in [6.45, 7) is 6.54. The number of carboxylic acid groups (broad SMARTS) is 2. The van der Waals surface area contributed by atoms with E-state index in [9.17, 15) is 9.59 Å². The minimum atomic E-state index is -0.981. The second-order valence-electron chi connectivity index (χ2n) is 4.11. The molecule has 0 saturated heterocycles. The van der Waals surface area contributed by atoms with Crippen molar-refractivity contribution < 1.29 is 19.8 Å². The van der Waals surface area contributed by atoms with Crippen LogP contribution in [0, 0.1) is 17.8 Å². The van der Waals surface area contributed by atoms with E-state index >= 15 is 0 Å². The van der Waals surface area contributed by atoms with Crippen molar-refractivity contribution in [3.8, 4) is 12.3 Å². The third-order valence-electron chi connectivity index (χ3n) is 2.99. The Morgan fingerprint density at radius 1 is 1.22 bits per heavy atom. The smallest absolute Gasteiger partial charge is 0.332 e. The Morgan fingerprint density at radius 2 is 1.67 bits per heavy atom. The van der Waals surface area contributed by atoms with Gasteiger partial charge >= 0.3 is 11.9 Å². The molecule has 0 radical (unpaired) electrons. The molecule has 98 valence electrons. The summed E-state index contributed by atoms with van der Waals surface area (Å²) in [6.07, 6.45) is 11.0. The third kappa shape index (κ3) is 4.46. The Kier molecular flexibility index (Phi) is 6.51. The molecular formula is C14H18O4. The monoisotopic (exact) mass is 250 g/mol. The summed E-state index contributed by atoms with van der Waals surface area (Å²) in [7, 11) is 0. The van der Waals surface area contributed by atoms with Crippen LogP contribution in [0.5, 0.6) is 0 Å². The maximum absolute atomic E-state index is 10.8. The molecule has 1 aliphatic carbocycles. The highest BCUT2D eigenvalue weighted by molar-refractivity contribution is 5.88. The molecule has 0 spiro atoms. The molecule has 0 bridgehead atoms. The van der Waals surface area contributed by atoms with Gasteiger partial charge in [-0.3, -0.25) is 0 Å². The lowest BCUT2D eigenvalue weighted by molar-refractivity contribution is -0.134. The predicted molar refractivity (Wildman–Crippen MR) is 69.0 cm³/mol. The molecule has 0 heterocycles. The lowest BCUT2D eigenvalue weighted by atomic mass is 9.70. The Labute approximate surface area is 107 Å². The van der Waals surface area contributed by atoms with E-state index in [4.69, 9.17) is 16.6 Å². The van der Waals surface area contributed by atoms with Crippen LogP contribution in [-0.4, -0.2) is 22.2 Å².